The van der Waals surface area contributed by atoms with Crippen molar-refractivity contribution in [1.29, 1.82) is 0 Å². The Hall–Kier alpha value is -1.65. The lowest BCUT2D eigenvalue weighted by Gasteiger charge is -2.20. The summed E-state index contributed by atoms with van der Waals surface area (Å²) in [6.07, 6.45) is 3.07. The third-order valence-corrected chi connectivity index (χ3v) is 2.51. The molecule has 0 fully saturated rings. The Morgan fingerprint density at radius 3 is 2.24 bits per heavy atom. The van der Waals surface area contributed by atoms with Crippen molar-refractivity contribution in [1.82, 2.24) is 4.90 Å². The summed E-state index contributed by atoms with van der Waals surface area (Å²) < 4.78 is 5.01. The lowest BCUT2D eigenvalue weighted by atomic mass is 10.1. The number of imide groups is 1. The van der Waals surface area contributed by atoms with Crippen LogP contribution >= 0.6 is 0 Å². The Labute approximate surface area is 100 Å². The SMILES string of the molecule is CC(C)CCOC(=O)C(C)N1C(=O)C=CC1=O. The van der Waals surface area contributed by atoms with Crippen LogP contribution in [0, 0.1) is 5.92 Å². The smallest absolute Gasteiger partial charge is 0.329 e. The number of amides is 2. The Morgan fingerprint density at radius 1 is 1.24 bits per heavy atom. The molecule has 0 aromatic heterocycles. The summed E-state index contributed by atoms with van der Waals surface area (Å²) in [5.41, 5.74) is 0. The third-order valence-electron chi connectivity index (χ3n) is 2.51. The zero-order valence-electron chi connectivity index (χ0n) is 10.3. The minimum absolute atomic E-state index is 0.310. The van der Waals surface area contributed by atoms with E-state index in [0.717, 1.165) is 23.5 Å². The number of nitrogens with zero attached hydrogens (tertiary/aromatic N) is 1. The summed E-state index contributed by atoms with van der Waals surface area (Å²) >= 11 is 0. The summed E-state index contributed by atoms with van der Waals surface area (Å²) in [6.45, 7) is 5.84. The van der Waals surface area contributed by atoms with Crippen molar-refractivity contribution >= 4 is 17.8 Å². The van der Waals surface area contributed by atoms with E-state index in [1.54, 1.807) is 0 Å². The standard InChI is InChI=1S/C12H17NO4/c1-8(2)6-7-17-12(16)9(3)13-10(14)4-5-11(13)15/h4-5,8-9H,6-7H2,1-3H3. The molecule has 0 N–H and O–H groups in total. The van der Waals surface area contributed by atoms with Gasteiger partial charge >= 0.3 is 5.97 Å². The molecule has 2 amide bonds. The Balaban J connectivity index is 2.47. The molecular formula is C12H17NO4. The van der Waals surface area contributed by atoms with Gasteiger partial charge in [0.2, 0.25) is 0 Å². The Morgan fingerprint density at radius 2 is 1.76 bits per heavy atom. The van der Waals surface area contributed by atoms with Gasteiger partial charge in [0.15, 0.2) is 0 Å². The molecule has 0 aromatic rings. The first-order valence-electron chi connectivity index (χ1n) is 5.65. The van der Waals surface area contributed by atoms with Crippen LogP contribution in [0.25, 0.3) is 0 Å². The molecule has 5 heteroatoms. The summed E-state index contributed by atoms with van der Waals surface area (Å²) in [5, 5.41) is 0. The molecule has 94 valence electrons. The Kier molecular flexibility index (Phi) is 4.43. The highest BCUT2D eigenvalue weighted by Crippen LogP contribution is 2.10. The van der Waals surface area contributed by atoms with Gasteiger partial charge < -0.3 is 4.74 Å². The van der Waals surface area contributed by atoms with Gasteiger partial charge in [-0.05, 0) is 19.3 Å². The van der Waals surface area contributed by atoms with Crippen molar-refractivity contribution in [3.8, 4) is 0 Å². The maximum Gasteiger partial charge on any atom is 0.329 e. The fourth-order valence-electron chi connectivity index (χ4n) is 1.41. The molecule has 1 unspecified atom stereocenters. The second-order valence-corrected chi connectivity index (χ2v) is 4.41. The van der Waals surface area contributed by atoms with Crippen molar-refractivity contribution < 1.29 is 19.1 Å². The molecular weight excluding hydrogens is 222 g/mol. The van der Waals surface area contributed by atoms with Gasteiger partial charge in [-0.2, -0.15) is 0 Å². The molecule has 1 aliphatic rings. The van der Waals surface area contributed by atoms with Crippen LogP contribution in [0.3, 0.4) is 0 Å². The summed E-state index contributed by atoms with van der Waals surface area (Å²) in [5.74, 6) is -1.04. The normalized spacial score (nSPS) is 16.8. The van der Waals surface area contributed by atoms with Gasteiger partial charge in [0, 0.05) is 12.2 Å². The molecule has 1 heterocycles. The van der Waals surface area contributed by atoms with Crippen LogP contribution in [-0.4, -0.2) is 35.3 Å². The highest BCUT2D eigenvalue weighted by Gasteiger charge is 2.33. The van der Waals surface area contributed by atoms with Gasteiger partial charge in [0.1, 0.15) is 6.04 Å². The first-order chi connectivity index (χ1) is 7.93. The number of carbonyl (C=O) groups excluding carboxylic acids is 3. The van der Waals surface area contributed by atoms with E-state index in [1.807, 2.05) is 13.8 Å². The van der Waals surface area contributed by atoms with Crippen LogP contribution in [0.1, 0.15) is 27.2 Å². The first kappa shape index (κ1) is 13.4. The fourth-order valence-corrected chi connectivity index (χ4v) is 1.41. The van der Waals surface area contributed by atoms with E-state index in [9.17, 15) is 14.4 Å². The third kappa shape index (κ3) is 3.41. The first-order valence-corrected chi connectivity index (χ1v) is 5.65. The van der Waals surface area contributed by atoms with E-state index in [2.05, 4.69) is 0 Å². The topological polar surface area (TPSA) is 63.7 Å². The number of rotatable bonds is 5. The molecule has 0 aliphatic carbocycles. The summed E-state index contributed by atoms with van der Waals surface area (Å²) in [7, 11) is 0. The van der Waals surface area contributed by atoms with Crippen molar-refractivity contribution in [2.24, 2.45) is 5.92 Å². The van der Waals surface area contributed by atoms with E-state index in [-0.39, 0.29) is 0 Å². The zero-order valence-corrected chi connectivity index (χ0v) is 10.3. The van der Waals surface area contributed by atoms with Gasteiger partial charge in [-0.1, -0.05) is 13.8 Å². The van der Waals surface area contributed by atoms with Crippen LogP contribution in [0.15, 0.2) is 12.2 Å². The lowest BCUT2D eigenvalue weighted by Crippen LogP contribution is -2.43. The Bertz CT molecular complexity index is 342. The van der Waals surface area contributed by atoms with Gasteiger partial charge in [-0.15, -0.1) is 0 Å². The van der Waals surface area contributed by atoms with Gasteiger partial charge in [0.05, 0.1) is 6.61 Å². The molecule has 0 saturated heterocycles. The van der Waals surface area contributed by atoms with Crippen LogP contribution in [0.5, 0.6) is 0 Å². The minimum atomic E-state index is -0.864. The highest BCUT2D eigenvalue weighted by atomic mass is 16.5. The molecule has 1 atom stereocenters. The molecule has 1 aliphatic heterocycles. The predicted octanol–water partition coefficient (Wildman–Crippen LogP) is 0.889. The molecule has 5 nitrogen and oxygen atoms in total. The van der Waals surface area contributed by atoms with Crippen molar-refractivity contribution in [2.75, 3.05) is 6.61 Å². The molecule has 17 heavy (non-hydrogen) atoms. The average molecular weight is 239 g/mol. The van der Waals surface area contributed by atoms with Gasteiger partial charge in [-0.3, -0.25) is 14.5 Å². The van der Waals surface area contributed by atoms with E-state index in [4.69, 9.17) is 4.74 Å². The van der Waals surface area contributed by atoms with E-state index < -0.39 is 23.8 Å². The average Bonchev–Trinajstić information content (AvgIpc) is 2.57. The van der Waals surface area contributed by atoms with E-state index >= 15 is 0 Å². The van der Waals surface area contributed by atoms with Crippen LogP contribution < -0.4 is 0 Å². The van der Waals surface area contributed by atoms with Crippen LogP contribution in [-0.2, 0) is 19.1 Å². The summed E-state index contributed by atoms with van der Waals surface area (Å²) in [4.78, 5) is 35.2. The second kappa shape index (κ2) is 5.61. The minimum Gasteiger partial charge on any atom is -0.464 e. The molecule has 0 spiro atoms. The lowest BCUT2D eigenvalue weighted by molar-refractivity contribution is -0.156. The number of ether oxygens (including phenoxy) is 1. The van der Waals surface area contributed by atoms with Crippen LogP contribution in [0.4, 0.5) is 0 Å². The maximum atomic E-state index is 11.6. The highest BCUT2D eigenvalue weighted by molar-refractivity contribution is 6.14. The quantitative estimate of drug-likeness (QED) is 0.528. The van der Waals surface area contributed by atoms with Gasteiger partial charge in [0.25, 0.3) is 11.8 Å². The van der Waals surface area contributed by atoms with E-state index in [0.29, 0.717) is 12.5 Å². The molecule has 0 bridgehead atoms. The van der Waals surface area contributed by atoms with Crippen molar-refractivity contribution in [2.45, 2.75) is 33.2 Å². The van der Waals surface area contributed by atoms with Crippen molar-refractivity contribution in [3.63, 3.8) is 0 Å². The number of hydrogen-bond donors (Lipinski definition) is 0. The second-order valence-electron chi connectivity index (χ2n) is 4.41. The predicted molar refractivity (Wildman–Crippen MR) is 60.9 cm³/mol. The largest absolute Gasteiger partial charge is 0.464 e. The van der Waals surface area contributed by atoms with Crippen LogP contribution in [0.2, 0.25) is 0 Å². The molecule has 0 aromatic carbocycles. The number of esters is 1. The monoisotopic (exact) mass is 239 g/mol. The number of hydrogen-bond acceptors (Lipinski definition) is 4. The molecule has 1 rings (SSSR count). The molecule has 0 saturated carbocycles. The maximum absolute atomic E-state index is 11.6. The van der Waals surface area contributed by atoms with Gasteiger partial charge in [-0.25, -0.2) is 4.79 Å². The molecule has 0 radical (unpaired) electrons. The summed E-state index contributed by atoms with van der Waals surface area (Å²) in [6, 6.07) is -0.864. The zero-order chi connectivity index (χ0) is 13.0. The fraction of sp³-hybridized carbons (Fsp3) is 0.583. The number of carbonyl (C=O) groups is 3. The van der Waals surface area contributed by atoms with E-state index in [1.165, 1.54) is 6.92 Å². The van der Waals surface area contributed by atoms with Crippen molar-refractivity contribution in [3.05, 3.63) is 12.2 Å².